The number of hydrogen-bond donors (Lipinski definition) is 6. The first kappa shape index (κ1) is 27.8. The standard InChI is InChI=1S/C28H26FN3O9/c1-32(2)20-15-10-12-9-11-3-8-16(31-27(39)41-14-6-4-13(29)5-7-14)21(33)17(11)22(34)18(12)24(36)28(15,40)25(37)19(23(20)35)26(30)38/h3-8,12,15,20,33-34,37,40H,9-10H2,1-2H3,(H2,30,38)(H,31,39)/t12-,15-,20-,28-/m1/s1. The minimum atomic E-state index is -2.75. The molecular formula is C28H26FN3O9. The first-order valence-corrected chi connectivity index (χ1v) is 12.5. The number of fused-ring (bicyclic) bond motifs is 3. The maximum absolute atomic E-state index is 13.8. The second kappa shape index (κ2) is 9.71. The summed E-state index contributed by atoms with van der Waals surface area (Å²) in [4.78, 5) is 52.8. The molecule has 2 amide bonds. The van der Waals surface area contributed by atoms with Crippen molar-refractivity contribution < 1.29 is 48.7 Å². The number of aliphatic hydroxyl groups excluding tert-OH is 2. The molecule has 3 aliphatic rings. The number of primary amides is 1. The molecule has 0 spiro atoms. The Labute approximate surface area is 232 Å². The number of carbonyl (C=O) groups is 4. The van der Waals surface area contributed by atoms with Gasteiger partial charge in [0, 0.05) is 11.5 Å². The highest BCUT2D eigenvalue weighted by Crippen LogP contribution is 2.53. The number of halogens is 1. The maximum Gasteiger partial charge on any atom is 0.417 e. The number of nitrogens with two attached hydrogens (primary N) is 1. The van der Waals surface area contributed by atoms with Crippen molar-refractivity contribution in [1.82, 2.24) is 4.90 Å². The molecule has 2 aromatic rings. The van der Waals surface area contributed by atoms with E-state index in [4.69, 9.17) is 10.5 Å². The number of hydrogen-bond acceptors (Lipinski definition) is 10. The number of amides is 2. The lowest BCUT2D eigenvalue weighted by atomic mass is 9.57. The number of ketones is 2. The van der Waals surface area contributed by atoms with Crippen LogP contribution in [0.15, 0.2) is 53.3 Å². The molecule has 0 heterocycles. The number of anilines is 1. The summed E-state index contributed by atoms with van der Waals surface area (Å²) in [5.41, 5.74) is 1.37. The number of aromatic hydroxyl groups is 1. The number of aliphatic hydroxyl groups is 3. The van der Waals surface area contributed by atoms with Gasteiger partial charge in [0.05, 0.1) is 17.3 Å². The summed E-state index contributed by atoms with van der Waals surface area (Å²) in [7, 11) is 3.03. The number of likely N-dealkylation sites (N-methyl/N-ethyl adjacent to an activating group) is 1. The van der Waals surface area contributed by atoms with Crippen LogP contribution in [0.1, 0.15) is 17.5 Å². The summed E-state index contributed by atoms with van der Waals surface area (Å²) in [6.45, 7) is 0. The van der Waals surface area contributed by atoms with E-state index in [0.29, 0.717) is 5.56 Å². The Morgan fingerprint density at radius 1 is 1.10 bits per heavy atom. The van der Waals surface area contributed by atoms with Crippen molar-refractivity contribution in [3.05, 3.63) is 70.2 Å². The molecule has 0 unspecified atom stereocenters. The lowest BCUT2D eigenvalue weighted by Gasteiger charge is -2.50. The molecule has 0 aromatic heterocycles. The Bertz CT molecular complexity index is 1580. The average molecular weight is 568 g/mol. The van der Waals surface area contributed by atoms with Crippen LogP contribution in [0.25, 0.3) is 5.76 Å². The average Bonchev–Trinajstić information content (AvgIpc) is 2.89. The van der Waals surface area contributed by atoms with Crippen molar-refractivity contribution in [3.63, 3.8) is 0 Å². The van der Waals surface area contributed by atoms with Gasteiger partial charge in [0.1, 0.15) is 34.4 Å². The van der Waals surface area contributed by atoms with Gasteiger partial charge in [-0.1, -0.05) is 6.07 Å². The summed E-state index contributed by atoms with van der Waals surface area (Å²) in [6, 6.07) is 6.30. The van der Waals surface area contributed by atoms with Crippen molar-refractivity contribution in [2.45, 2.75) is 24.5 Å². The van der Waals surface area contributed by atoms with E-state index in [9.17, 15) is 44.0 Å². The van der Waals surface area contributed by atoms with Gasteiger partial charge in [-0.15, -0.1) is 0 Å². The largest absolute Gasteiger partial charge is 0.508 e. The number of Topliss-reactive ketones (excluding diaryl/α,β-unsaturated/α-hetero) is 2. The van der Waals surface area contributed by atoms with Crippen LogP contribution in [0.2, 0.25) is 0 Å². The molecule has 12 nitrogen and oxygen atoms in total. The van der Waals surface area contributed by atoms with Gasteiger partial charge < -0.3 is 30.9 Å². The second-order valence-electron chi connectivity index (χ2n) is 10.4. The number of nitrogens with zero attached hydrogens (tertiary/aromatic N) is 1. The maximum atomic E-state index is 13.8. The van der Waals surface area contributed by atoms with E-state index in [1.54, 1.807) is 0 Å². The Kier molecular flexibility index (Phi) is 6.59. The number of carbonyl (C=O) groups excluding carboxylic acids is 4. The lowest BCUT2D eigenvalue weighted by molar-refractivity contribution is -0.153. The molecule has 214 valence electrons. The van der Waals surface area contributed by atoms with E-state index in [0.717, 1.165) is 12.1 Å². The molecule has 0 bridgehead atoms. The highest BCUT2D eigenvalue weighted by Gasteiger charge is 2.64. The van der Waals surface area contributed by atoms with Gasteiger partial charge in [-0.3, -0.25) is 24.6 Å². The highest BCUT2D eigenvalue weighted by molar-refractivity contribution is 6.24. The van der Waals surface area contributed by atoms with Gasteiger partial charge in [-0.2, -0.15) is 0 Å². The first-order valence-electron chi connectivity index (χ1n) is 12.5. The fraction of sp³-hybridized carbons (Fsp3) is 0.286. The van der Waals surface area contributed by atoms with Crippen molar-refractivity contribution in [3.8, 4) is 11.5 Å². The molecule has 13 heteroatoms. The van der Waals surface area contributed by atoms with Crippen LogP contribution in [0, 0.1) is 17.7 Å². The topological polar surface area (TPSA) is 200 Å². The summed E-state index contributed by atoms with van der Waals surface area (Å²) < 4.78 is 18.2. The second-order valence-corrected chi connectivity index (χ2v) is 10.4. The number of nitrogens with one attached hydrogen (secondary N) is 1. The van der Waals surface area contributed by atoms with Crippen LogP contribution in [0.3, 0.4) is 0 Å². The van der Waals surface area contributed by atoms with Crippen LogP contribution in [0.5, 0.6) is 11.5 Å². The smallest absolute Gasteiger partial charge is 0.417 e. The molecule has 0 saturated heterocycles. The molecule has 4 atom stereocenters. The minimum Gasteiger partial charge on any atom is -0.508 e. The normalized spacial score (nSPS) is 25.4. The lowest BCUT2D eigenvalue weighted by Crippen LogP contribution is -2.65. The van der Waals surface area contributed by atoms with Gasteiger partial charge in [0.2, 0.25) is 5.78 Å². The third kappa shape index (κ3) is 4.21. The third-order valence-corrected chi connectivity index (χ3v) is 7.85. The first-order chi connectivity index (χ1) is 19.3. The predicted octanol–water partition coefficient (Wildman–Crippen LogP) is 1.71. The zero-order valence-electron chi connectivity index (χ0n) is 21.8. The predicted molar refractivity (Wildman–Crippen MR) is 140 cm³/mol. The van der Waals surface area contributed by atoms with Crippen LogP contribution in [0.4, 0.5) is 14.9 Å². The molecular weight excluding hydrogens is 541 g/mol. The molecule has 3 aliphatic carbocycles. The third-order valence-electron chi connectivity index (χ3n) is 7.85. The van der Waals surface area contributed by atoms with Crippen LogP contribution >= 0.6 is 0 Å². The van der Waals surface area contributed by atoms with E-state index in [-0.39, 0.29) is 35.4 Å². The van der Waals surface area contributed by atoms with Crippen LogP contribution < -0.4 is 15.8 Å². The molecule has 7 N–H and O–H groups in total. The number of benzene rings is 2. The van der Waals surface area contributed by atoms with Gasteiger partial charge in [0.15, 0.2) is 11.4 Å². The molecule has 1 saturated carbocycles. The summed E-state index contributed by atoms with van der Waals surface area (Å²) in [5, 5.41) is 47.1. The van der Waals surface area contributed by atoms with E-state index in [1.165, 1.54) is 43.3 Å². The fourth-order valence-corrected chi connectivity index (χ4v) is 6.06. The number of rotatable bonds is 4. The van der Waals surface area contributed by atoms with Gasteiger partial charge in [0.25, 0.3) is 5.91 Å². The number of phenols is 1. The minimum absolute atomic E-state index is 0.0231. The zero-order valence-corrected chi connectivity index (χ0v) is 21.8. The highest BCUT2D eigenvalue weighted by atomic mass is 19.1. The van der Waals surface area contributed by atoms with E-state index in [2.05, 4.69) is 5.32 Å². The van der Waals surface area contributed by atoms with E-state index >= 15 is 0 Å². The molecule has 0 radical (unpaired) electrons. The number of ether oxygens (including phenoxy) is 1. The van der Waals surface area contributed by atoms with Crippen LogP contribution in [-0.2, 0) is 20.8 Å². The molecule has 0 aliphatic heterocycles. The fourth-order valence-electron chi connectivity index (χ4n) is 6.06. The molecule has 5 rings (SSSR count). The van der Waals surface area contributed by atoms with E-state index in [1.807, 2.05) is 0 Å². The van der Waals surface area contributed by atoms with Gasteiger partial charge in [-0.05, 0) is 68.8 Å². The monoisotopic (exact) mass is 567 g/mol. The van der Waals surface area contributed by atoms with Crippen LogP contribution in [-0.4, -0.2) is 74.6 Å². The Morgan fingerprint density at radius 2 is 1.76 bits per heavy atom. The quantitative estimate of drug-likeness (QED) is 0.233. The van der Waals surface area contributed by atoms with Crippen molar-refractivity contribution in [2.75, 3.05) is 19.4 Å². The zero-order chi connectivity index (χ0) is 30.0. The van der Waals surface area contributed by atoms with Gasteiger partial charge in [-0.25, -0.2) is 9.18 Å². The Morgan fingerprint density at radius 3 is 2.37 bits per heavy atom. The Hall–Kier alpha value is -4.75. The SMILES string of the molecule is CN(C)[C@H]1C(=O)C(C(N)=O)=C(O)[C@]2(O)C(=O)C3=C(O)c4c(ccc(NC(=O)Oc5ccc(F)cc5)c4O)C[C@@H]3C[C@H]12. The molecule has 41 heavy (non-hydrogen) atoms. The van der Waals surface area contributed by atoms with Crippen molar-refractivity contribution >= 4 is 35.0 Å². The molecule has 1 fully saturated rings. The summed E-state index contributed by atoms with van der Waals surface area (Å²) in [6.07, 6.45) is -0.979. The molecule has 2 aromatic carbocycles. The summed E-state index contributed by atoms with van der Waals surface area (Å²) in [5.74, 6) is -8.21. The van der Waals surface area contributed by atoms with E-state index < -0.39 is 75.7 Å². The van der Waals surface area contributed by atoms with Gasteiger partial charge >= 0.3 is 6.09 Å². The Balaban J connectivity index is 1.55. The summed E-state index contributed by atoms with van der Waals surface area (Å²) >= 11 is 0. The van der Waals surface area contributed by atoms with Crippen molar-refractivity contribution in [2.24, 2.45) is 17.6 Å². The number of phenolic OH excluding ortho intramolecular Hbond substituents is 1. The van der Waals surface area contributed by atoms with Crippen molar-refractivity contribution in [1.29, 1.82) is 0 Å².